The molecule has 30 heavy (non-hydrogen) atoms. The number of carbonyl (C=O) groups excluding carboxylic acids is 1. The molecule has 0 aliphatic carbocycles. The first-order chi connectivity index (χ1) is 14.4. The second-order valence-electron chi connectivity index (χ2n) is 7.06. The summed E-state index contributed by atoms with van der Waals surface area (Å²) < 4.78 is 12.1. The summed E-state index contributed by atoms with van der Waals surface area (Å²) >= 11 is 6.26. The van der Waals surface area contributed by atoms with E-state index in [1.807, 2.05) is 31.0 Å². The Balaban J connectivity index is 1.97. The zero-order valence-electron chi connectivity index (χ0n) is 18.1. The van der Waals surface area contributed by atoms with Crippen molar-refractivity contribution in [2.75, 3.05) is 32.2 Å². The third kappa shape index (κ3) is 5.98. The van der Waals surface area contributed by atoms with Crippen LogP contribution in [0, 0.1) is 0 Å². The summed E-state index contributed by atoms with van der Waals surface area (Å²) in [5, 5.41) is 4.38. The molecule has 7 nitrogen and oxygen atoms in total. The van der Waals surface area contributed by atoms with Gasteiger partial charge in [0.1, 0.15) is 10.8 Å². The van der Waals surface area contributed by atoms with Crippen LogP contribution in [0.5, 0.6) is 5.75 Å². The van der Waals surface area contributed by atoms with E-state index in [-0.39, 0.29) is 16.6 Å². The maximum Gasteiger partial charge on any atom is 0.337 e. The Morgan fingerprint density at radius 1 is 1.27 bits per heavy atom. The molecule has 0 fully saturated rings. The first-order valence-corrected chi connectivity index (χ1v) is 10.6. The van der Waals surface area contributed by atoms with Crippen LogP contribution in [0.15, 0.2) is 29.2 Å². The van der Waals surface area contributed by atoms with Gasteiger partial charge in [-0.05, 0) is 43.0 Å². The highest BCUT2D eigenvalue weighted by molar-refractivity contribution is 6.33. The van der Waals surface area contributed by atoms with E-state index >= 15 is 0 Å². The molecule has 8 heteroatoms. The minimum Gasteiger partial charge on any atom is -0.493 e. The smallest absolute Gasteiger partial charge is 0.337 e. The van der Waals surface area contributed by atoms with E-state index < -0.39 is 0 Å². The minimum absolute atomic E-state index is 0.186. The number of aryl methyl sites for hydroxylation is 2. The lowest BCUT2D eigenvalue weighted by atomic mass is 10.1. The Kier molecular flexibility index (Phi) is 9.17. The Morgan fingerprint density at radius 3 is 2.70 bits per heavy atom. The predicted octanol–water partition coefficient (Wildman–Crippen LogP) is 3.95. The third-order valence-electron chi connectivity index (χ3n) is 4.71. The quantitative estimate of drug-likeness (QED) is 0.393. The van der Waals surface area contributed by atoms with Crippen LogP contribution >= 0.6 is 11.6 Å². The van der Waals surface area contributed by atoms with Crippen molar-refractivity contribution in [2.45, 2.75) is 46.1 Å². The van der Waals surface area contributed by atoms with Gasteiger partial charge in [-0.1, -0.05) is 31.9 Å². The van der Waals surface area contributed by atoms with Crippen LogP contribution in [0.3, 0.4) is 0 Å². The zero-order chi connectivity index (χ0) is 22.1. The maximum absolute atomic E-state index is 12.3. The highest BCUT2D eigenvalue weighted by atomic mass is 35.5. The van der Waals surface area contributed by atoms with Gasteiger partial charge in [-0.2, -0.15) is 5.10 Å². The largest absolute Gasteiger partial charge is 0.493 e. The van der Waals surface area contributed by atoms with Gasteiger partial charge in [0.15, 0.2) is 0 Å². The highest BCUT2D eigenvalue weighted by Gasteiger charge is 2.13. The summed E-state index contributed by atoms with van der Waals surface area (Å²) in [6.07, 6.45) is 4.94. The number of carbonyl (C=O) groups is 1. The minimum atomic E-state index is -0.355. The first-order valence-electron chi connectivity index (χ1n) is 10.2. The molecule has 0 unspecified atom stereocenters. The molecule has 0 aliphatic heterocycles. The van der Waals surface area contributed by atoms with Crippen LogP contribution in [0.25, 0.3) is 0 Å². The van der Waals surface area contributed by atoms with Crippen molar-refractivity contribution in [3.8, 4) is 5.75 Å². The van der Waals surface area contributed by atoms with Crippen molar-refractivity contribution in [1.82, 2.24) is 9.78 Å². The Morgan fingerprint density at radius 2 is 2.03 bits per heavy atom. The van der Waals surface area contributed by atoms with E-state index in [0.717, 1.165) is 37.0 Å². The lowest BCUT2D eigenvalue weighted by Gasteiger charge is -2.20. The maximum atomic E-state index is 12.3. The molecule has 164 valence electrons. The Hall–Kier alpha value is -2.54. The molecule has 0 bridgehead atoms. The van der Waals surface area contributed by atoms with Crippen LogP contribution < -0.4 is 15.2 Å². The van der Waals surface area contributed by atoms with Gasteiger partial charge in [-0.25, -0.2) is 9.48 Å². The topological polar surface area (TPSA) is 73.7 Å². The number of esters is 1. The van der Waals surface area contributed by atoms with E-state index in [0.29, 0.717) is 30.9 Å². The molecule has 0 saturated heterocycles. The number of hydrogen-bond acceptors (Lipinski definition) is 6. The summed E-state index contributed by atoms with van der Waals surface area (Å²) in [7, 11) is 3.25. The molecule has 0 radical (unpaired) electrons. The number of rotatable bonds is 11. The zero-order valence-corrected chi connectivity index (χ0v) is 18.9. The molecular formula is C22H30ClN3O4. The first kappa shape index (κ1) is 23.7. The second-order valence-corrected chi connectivity index (χ2v) is 7.44. The fourth-order valence-corrected chi connectivity index (χ4v) is 3.42. The lowest BCUT2D eigenvalue weighted by Crippen LogP contribution is -2.28. The van der Waals surface area contributed by atoms with Crippen molar-refractivity contribution in [3.05, 3.63) is 50.9 Å². The summed E-state index contributed by atoms with van der Waals surface area (Å²) in [5.74, 6) is 0.417. The summed E-state index contributed by atoms with van der Waals surface area (Å²) in [6.45, 7) is 5.76. The van der Waals surface area contributed by atoms with Crippen molar-refractivity contribution >= 4 is 23.3 Å². The highest BCUT2D eigenvalue weighted by Crippen LogP contribution is 2.23. The third-order valence-corrected chi connectivity index (χ3v) is 5.06. The standard InChI is InChI=1S/C22H30ClN3O4/c1-5-8-16-14-17(22(28)29-4)9-10-19(16)30-13-7-12-25(3)18-15-24-26(11-6-2)21(27)20(18)23/h9-10,14-15H,5-8,11-13H2,1-4H3. The molecular weight excluding hydrogens is 406 g/mol. The number of halogens is 1. The summed E-state index contributed by atoms with van der Waals surface area (Å²) in [4.78, 5) is 25.9. The number of nitrogens with zero attached hydrogens (tertiary/aromatic N) is 3. The van der Waals surface area contributed by atoms with Crippen LogP contribution in [-0.4, -0.2) is 43.1 Å². The molecule has 1 aromatic carbocycles. The van der Waals surface area contributed by atoms with Crippen molar-refractivity contribution in [1.29, 1.82) is 0 Å². The van der Waals surface area contributed by atoms with Crippen LogP contribution in [0.4, 0.5) is 5.69 Å². The molecule has 0 spiro atoms. The van der Waals surface area contributed by atoms with Crippen LogP contribution in [0.2, 0.25) is 5.02 Å². The molecule has 0 N–H and O–H groups in total. The molecule has 2 rings (SSSR count). The van der Waals surface area contributed by atoms with Crippen molar-refractivity contribution in [2.24, 2.45) is 0 Å². The van der Waals surface area contributed by atoms with Gasteiger partial charge in [0, 0.05) is 20.1 Å². The van der Waals surface area contributed by atoms with Crippen LogP contribution in [-0.2, 0) is 17.7 Å². The molecule has 0 aliphatic rings. The predicted molar refractivity (Wildman–Crippen MR) is 119 cm³/mol. The molecule has 0 saturated carbocycles. The average Bonchev–Trinajstić information content (AvgIpc) is 2.75. The Bertz CT molecular complexity index is 914. The van der Waals surface area contributed by atoms with E-state index in [9.17, 15) is 9.59 Å². The number of methoxy groups -OCH3 is 1. The number of benzene rings is 1. The monoisotopic (exact) mass is 435 g/mol. The van der Waals surface area contributed by atoms with Gasteiger partial charge in [-0.3, -0.25) is 4.79 Å². The van der Waals surface area contributed by atoms with Crippen molar-refractivity contribution < 1.29 is 14.3 Å². The van der Waals surface area contributed by atoms with E-state index in [1.165, 1.54) is 11.8 Å². The van der Waals surface area contributed by atoms with E-state index in [4.69, 9.17) is 21.1 Å². The van der Waals surface area contributed by atoms with Gasteiger partial charge < -0.3 is 14.4 Å². The fourth-order valence-electron chi connectivity index (χ4n) is 3.13. The SMILES string of the molecule is CCCc1cc(C(=O)OC)ccc1OCCCN(C)c1cnn(CCC)c(=O)c1Cl. The van der Waals surface area contributed by atoms with Gasteiger partial charge >= 0.3 is 5.97 Å². The van der Waals surface area contributed by atoms with Crippen molar-refractivity contribution in [3.63, 3.8) is 0 Å². The second kappa shape index (κ2) is 11.6. The Labute approximate surface area is 182 Å². The normalized spacial score (nSPS) is 10.7. The molecule has 0 atom stereocenters. The van der Waals surface area contributed by atoms with Crippen LogP contribution in [0.1, 0.15) is 49.0 Å². The molecule has 0 amide bonds. The van der Waals surface area contributed by atoms with Gasteiger partial charge in [0.05, 0.1) is 31.2 Å². The molecule has 1 heterocycles. The van der Waals surface area contributed by atoms with Gasteiger partial charge in [-0.15, -0.1) is 0 Å². The fraction of sp³-hybridized carbons (Fsp3) is 0.500. The van der Waals surface area contributed by atoms with E-state index in [1.54, 1.807) is 12.3 Å². The van der Waals surface area contributed by atoms with E-state index in [2.05, 4.69) is 12.0 Å². The lowest BCUT2D eigenvalue weighted by molar-refractivity contribution is 0.0600. The summed E-state index contributed by atoms with van der Waals surface area (Å²) in [6, 6.07) is 5.35. The number of anilines is 1. The molecule has 1 aromatic heterocycles. The average molecular weight is 436 g/mol. The van der Waals surface area contributed by atoms with Gasteiger partial charge in [0.25, 0.3) is 5.56 Å². The molecule has 2 aromatic rings. The number of aromatic nitrogens is 2. The van der Waals surface area contributed by atoms with Gasteiger partial charge in [0.2, 0.25) is 0 Å². The number of hydrogen-bond donors (Lipinski definition) is 0. The number of ether oxygens (including phenoxy) is 2. The summed E-state index contributed by atoms with van der Waals surface area (Å²) in [5.41, 5.74) is 1.85.